The summed E-state index contributed by atoms with van der Waals surface area (Å²) < 4.78 is 39.2. The van der Waals surface area contributed by atoms with Crippen LogP contribution in [0.5, 0.6) is 11.5 Å². The highest BCUT2D eigenvalue weighted by Gasteiger charge is 2.36. The molecule has 0 spiro atoms. The summed E-state index contributed by atoms with van der Waals surface area (Å²) in [4.78, 5) is 25.4. The molecule has 0 aliphatic carbocycles. The molecule has 1 heterocycles. The summed E-state index contributed by atoms with van der Waals surface area (Å²) in [6.45, 7) is 0.197. The second kappa shape index (κ2) is 10.2. The van der Waals surface area contributed by atoms with Gasteiger partial charge < -0.3 is 14.4 Å². The molecule has 3 aromatic carbocycles. The predicted octanol–water partition coefficient (Wildman–Crippen LogP) is 3.39. The van der Waals surface area contributed by atoms with Crippen molar-refractivity contribution in [2.45, 2.75) is 17.9 Å². The molecule has 11 heteroatoms. The lowest BCUT2D eigenvalue weighted by atomic mass is 10.00. The van der Waals surface area contributed by atoms with Crippen molar-refractivity contribution in [2.75, 3.05) is 31.6 Å². The molecular weight excluding hydrogens is 486 g/mol. The number of benzene rings is 3. The fraction of sp³-hybridized carbons (Fsp3) is 0.240. The van der Waals surface area contributed by atoms with Crippen molar-refractivity contribution >= 4 is 27.3 Å². The number of nitrogens with zero attached hydrogens (tertiary/aromatic N) is 3. The number of hydrogen-bond acceptors (Lipinski definition) is 7. The number of rotatable bonds is 8. The van der Waals surface area contributed by atoms with E-state index < -0.39 is 38.0 Å². The summed E-state index contributed by atoms with van der Waals surface area (Å²) in [5.74, 6) is 0.107. The molecule has 1 aliphatic rings. The van der Waals surface area contributed by atoms with Gasteiger partial charge in [0.2, 0.25) is 5.91 Å². The molecule has 0 atom stereocenters. The molecule has 0 N–H and O–H groups in total. The monoisotopic (exact) mass is 511 g/mol. The summed E-state index contributed by atoms with van der Waals surface area (Å²) in [5, 5.41) is 11.6. The van der Waals surface area contributed by atoms with E-state index in [0.29, 0.717) is 25.3 Å². The van der Waals surface area contributed by atoms with Crippen LogP contribution in [0, 0.1) is 10.1 Å². The van der Waals surface area contributed by atoms with Gasteiger partial charge in [0.1, 0.15) is 18.0 Å². The Hall–Kier alpha value is -4.12. The van der Waals surface area contributed by atoms with Crippen LogP contribution in [0.4, 0.5) is 11.4 Å². The maximum absolute atomic E-state index is 13.9. The summed E-state index contributed by atoms with van der Waals surface area (Å²) >= 11 is 0. The van der Waals surface area contributed by atoms with Gasteiger partial charge in [0.05, 0.1) is 24.8 Å². The van der Waals surface area contributed by atoms with E-state index in [1.54, 1.807) is 4.90 Å². The van der Waals surface area contributed by atoms with Crippen LogP contribution in [-0.2, 0) is 27.8 Å². The predicted molar refractivity (Wildman–Crippen MR) is 133 cm³/mol. The third-order valence-electron chi connectivity index (χ3n) is 6.05. The van der Waals surface area contributed by atoms with Crippen LogP contribution in [0.25, 0.3) is 0 Å². The number of nitro benzene ring substituents is 1. The van der Waals surface area contributed by atoms with Crippen LogP contribution >= 0.6 is 0 Å². The van der Waals surface area contributed by atoms with Crippen molar-refractivity contribution in [1.29, 1.82) is 0 Å². The maximum atomic E-state index is 13.9. The van der Waals surface area contributed by atoms with Crippen LogP contribution in [0.3, 0.4) is 0 Å². The minimum atomic E-state index is -4.55. The number of carbonyl (C=O) groups excluding carboxylic acids is 1. The normalized spacial score (nSPS) is 13.0. The third kappa shape index (κ3) is 4.82. The third-order valence-corrected chi connectivity index (χ3v) is 7.85. The number of carbonyl (C=O) groups is 1. The van der Waals surface area contributed by atoms with E-state index >= 15 is 0 Å². The Labute approximate surface area is 208 Å². The quantitative estimate of drug-likeness (QED) is 0.336. The maximum Gasteiger partial charge on any atom is 0.289 e. The summed E-state index contributed by atoms with van der Waals surface area (Å²) in [6, 6.07) is 17.3. The second-order valence-corrected chi connectivity index (χ2v) is 9.94. The number of anilines is 1. The number of nitro groups is 1. The number of fused-ring (bicyclic) bond motifs is 1. The van der Waals surface area contributed by atoms with Gasteiger partial charge in [-0.15, -0.1) is 0 Å². The first-order valence-corrected chi connectivity index (χ1v) is 12.5. The van der Waals surface area contributed by atoms with Gasteiger partial charge in [-0.1, -0.05) is 36.4 Å². The highest BCUT2D eigenvalue weighted by molar-refractivity contribution is 7.93. The first-order chi connectivity index (χ1) is 17.3. The van der Waals surface area contributed by atoms with E-state index in [1.807, 2.05) is 24.3 Å². The highest BCUT2D eigenvalue weighted by Crippen LogP contribution is 2.37. The summed E-state index contributed by atoms with van der Waals surface area (Å²) in [6.07, 6.45) is 0.644. The summed E-state index contributed by atoms with van der Waals surface area (Å²) in [7, 11) is -1.74. The number of methoxy groups -OCH3 is 2. The molecule has 0 fully saturated rings. The Morgan fingerprint density at radius 3 is 2.42 bits per heavy atom. The van der Waals surface area contributed by atoms with Gasteiger partial charge in [0.25, 0.3) is 15.7 Å². The number of amides is 1. The molecule has 36 heavy (non-hydrogen) atoms. The molecule has 1 amide bonds. The standard InChI is InChI=1S/C25H25N3O7S/c1-34-20-11-12-21(23(15-20)35-2)27(36(32,33)24-10-6-5-9-22(24)28(30)31)17-25(29)26-14-13-18-7-3-4-8-19(18)16-26/h3-12,15H,13-14,16-17H2,1-2H3. The van der Waals surface area contributed by atoms with Crippen molar-refractivity contribution in [2.24, 2.45) is 0 Å². The molecule has 0 unspecified atom stereocenters. The Morgan fingerprint density at radius 2 is 1.72 bits per heavy atom. The molecule has 0 saturated carbocycles. The molecule has 0 bridgehead atoms. The van der Waals surface area contributed by atoms with Crippen LogP contribution in [-0.4, -0.2) is 51.5 Å². The van der Waals surface area contributed by atoms with Gasteiger partial charge in [-0.05, 0) is 35.7 Å². The molecule has 3 aromatic rings. The van der Waals surface area contributed by atoms with Crippen molar-refractivity contribution in [3.05, 3.63) is 88.0 Å². The molecule has 1 aliphatic heterocycles. The van der Waals surface area contributed by atoms with E-state index in [9.17, 15) is 23.3 Å². The number of ether oxygens (including phenoxy) is 2. The average molecular weight is 512 g/mol. The van der Waals surface area contributed by atoms with E-state index in [2.05, 4.69) is 0 Å². The number of para-hydroxylation sites is 1. The van der Waals surface area contributed by atoms with E-state index in [4.69, 9.17) is 9.47 Å². The van der Waals surface area contributed by atoms with Crippen molar-refractivity contribution in [3.8, 4) is 11.5 Å². The fourth-order valence-electron chi connectivity index (χ4n) is 4.17. The van der Waals surface area contributed by atoms with Crippen molar-refractivity contribution in [1.82, 2.24) is 4.90 Å². The smallest absolute Gasteiger partial charge is 0.289 e. The molecule has 4 rings (SSSR count). The SMILES string of the molecule is COc1ccc(N(CC(=O)N2CCc3ccccc3C2)S(=O)(=O)c2ccccc2[N+](=O)[O-])c(OC)c1. The van der Waals surface area contributed by atoms with E-state index in [1.165, 1.54) is 44.6 Å². The number of hydrogen-bond donors (Lipinski definition) is 0. The zero-order valence-corrected chi connectivity index (χ0v) is 20.6. The fourth-order valence-corrected chi connectivity index (χ4v) is 5.75. The van der Waals surface area contributed by atoms with Crippen LogP contribution in [0.2, 0.25) is 0 Å². The Kier molecular flexibility index (Phi) is 7.11. The van der Waals surface area contributed by atoms with E-state index in [0.717, 1.165) is 27.6 Å². The minimum Gasteiger partial charge on any atom is -0.497 e. The largest absolute Gasteiger partial charge is 0.497 e. The molecule has 10 nitrogen and oxygen atoms in total. The van der Waals surface area contributed by atoms with Gasteiger partial charge in [-0.3, -0.25) is 19.2 Å². The van der Waals surface area contributed by atoms with Gasteiger partial charge in [-0.25, -0.2) is 8.42 Å². The Balaban J connectivity index is 1.77. The molecule has 0 radical (unpaired) electrons. The lowest BCUT2D eigenvalue weighted by Crippen LogP contribution is -2.45. The van der Waals surface area contributed by atoms with Crippen molar-refractivity contribution < 1.29 is 27.6 Å². The van der Waals surface area contributed by atoms with Gasteiger partial charge in [-0.2, -0.15) is 0 Å². The summed E-state index contributed by atoms with van der Waals surface area (Å²) in [5.41, 5.74) is 1.60. The number of sulfonamides is 1. The molecule has 0 saturated heterocycles. The first-order valence-electron chi connectivity index (χ1n) is 11.1. The van der Waals surface area contributed by atoms with Crippen LogP contribution < -0.4 is 13.8 Å². The lowest BCUT2D eigenvalue weighted by molar-refractivity contribution is -0.387. The van der Waals surface area contributed by atoms with Crippen LogP contribution in [0.15, 0.2) is 71.6 Å². The zero-order valence-electron chi connectivity index (χ0n) is 19.8. The van der Waals surface area contributed by atoms with E-state index in [-0.39, 0.29) is 11.4 Å². The van der Waals surface area contributed by atoms with Crippen molar-refractivity contribution in [3.63, 3.8) is 0 Å². The molecule has 0 aromatic heterocycles. The molecular formula is C25H25N3O7S. The lowest BCUT2D eigenvalue weighted by Gasteiger charge is -2.32. The van der Waals surface area contributed by atoms with Gasteiger partial charge in [0, 0.05) is 25.2 Å². The highest BCUT2D eigenvalue weighted by atomic mass is 32.2. The minimum absolute atomic E-state index is 0.0576. The van der Waals surface area contributed by atoms with Gasteiger partial charge in [0.15, 0.2) is 4.90 Å². The Bertz CT molecular complexity index is 1410. The molecule has 188 valence electrons. The average Bonchev–Trinajstić information content (AvgIpc) is 2.90. The zero-order chi connectivity index (χ0) is 25.9. The van der Waals surface area contributed by atoms with Crippen LogP contribution in [0.1, 0.15) is 11.1 Å². The first kappa shape index (κ1) is 25.0. The van der Waals surface area contributed by atoms with Gasteiger partial charge >= 0.3 is 0 Å². The Morgan fingerprint density at radius 1 is 1.03 bits per heavy atom. The topological polar surface area (TPSA) is 119 Å². The second-order valence-electron chi connectivity index (χ2n) is 8.11.